The molecular formula is C30H39N5O6. The maximum Gasteiger partial charge on any atom is 0.296 e. The second kappa shape index (κ2) is 9.46. The molecule has 5 atom stereocenters. The van der Waals surface area contributed by atoms with Crippen molar-refractivity contribution in [1.29, 1.82) is 0 Å². The molecule has 11 heteroatoms. The number of carbonyl (C=O) groups is 4. The number of nitrogens with zero attached hydrogens (tertiary/aromatic N) is 3. The van der Waals surface area contributed by atoms with Crippen LogP contribution in [-0.2, 0) is 19.2 Å². The molecule has 2 aliphatic carbocycles. The Hall–Kier alpha value is -3.63. The highest BCUT2D eigenvalue weighted by Gasteiger charge is 2.72. The summed E-state index contributed by atoms with van der Waals surface area (Å²) in [5.41, 5.74) is 5.28. The number of carbonyl (C=O) groups excluding carboxylic acids is 4. The number of rotatable bonds is 9. The summed E-state index contributed by atoms with van der Waals surface area (Å²) in [6.45, 7) is 10.6. The Balaban J connectivity index is 1.42. The van der Waals surface area contributed by atoms with Crippen LogP contribution in [0.3, 0.4) is 0 Å². The van der Waals surface area contributed by atoms with E-state index in [0.717, 1.165) is 19.3 Å². The average Bonchev–Trinajstić information content (AvgIpc) is 3.23. The van der Waals surface area contributed by atoms with Gasteiger partial charge in [-0.25, -0.2) is 0 Å². The molecule has 3 heterocycles. The van der Waals surface area contributed by atoms with Crippen molar-refractivity contribution in [3.05, 3.63) is 18.2 Å². The molecule has 2 saturated carbocycles. The van der Waals surface area contributed by atoms with Crippen LogP contribution in [0.4, 0.5) is 6.01 Å². The third kappa shape index (κ3) is 4.26. The fraction of sp³-hybridized carbons (Fsp3) is 0.633. The number of oxazole rings is 1. The van der Waals surface area contributed by atoms with Gasteiger partial charge in [0.15, 0.2) is 5.58 Å². The second-order valence-corrected chi connectivity index (χ2v) is 13.2. The van der Waals surface area contributed by atoms with Crippen LogP contribution in [0, 0.1) is 23.2 Å². The number of nitrogens with one attached hydrogen (secondary N) is 1. The first-order valence-corrected chi connectivity index (χ1v) is 14.6. The summed E-state index contributed by atoms with van der Waals surface area (Å²) < 4.78 is 11.5. The Morgan fingerprint density at radius 2 is 1.93 bits per heavy atom. The summed E-state index contributed by atoms with van der Waals surface area (Å²) in [5, 5.41) is 3.19. The monoisotopic (exact) mass is 565 g/mol. The number of nitrogens with two attached hydrogens (primary N) is 1. The number of Topliss-reactive ketones (excluding diaryl/α,β-unsaturated/α-hetero) is 1. The maximum absolute atomic E-state index is 14.6. The van der Waals surface area contributed by atoms with Crippen LogP contribution in [-0.4, -0.2) is 75.1 Å². The number of benzene rings is 1. The van der Waals surface area contributed by atoms with Crippen LogP contribution in [0.15, 0.2) is 22.6 Å². The van der Waals surface area contributed by atoms with Gasteiger partial charge >= 0.3 is 0 Å². The van der Waals surface area contributed by atoms with E-state index in [4.69, 9.17) is 14.9 Å². The topological polar surface area (TPSA) is 148 Å². The molecule has 1 aromatic carbocycles. The van der Waals surface area contributed by atoms with Gasteiger partial charge in [-0.05, 0) is 62.5 Å². The summed E-state index contributed by atoms with van der Waals surface area (Å²) in [6, 6.07) is 2.64. The van der Waals surface area contributed by atoms with Gasteiger partial charge in [0.25, 0.3) is 11.9 Å². The zero-order valence-corrected chi connectivity index (χ0v) is 24.3. The van der Waals surface area contributed by atoms with E-state index in [1.54, 1.807) is 36.9 Å². The van der Waals surface area contributed by atoms with Crippen molar-refractivity contribution in [2.45, 2.75) is 84.0 Å². The van der Waals surface area contributed by atoms with Crippen molar-refractivity contribution in [3.63, 3.8) is 0 Å². The number of aromatic nitrogens is 1. The summed E-state index contributed by atoms with van der Waals surface area (Å²) in [5.74, 6) is -1.42. The summed E-state index contributed by atoms with van der Waals surface area (Å²) >= 11 is 0. The van der Waals surface area contributed by atoms with E-state index in [1.165, 1.54) is 4.90 Å². The fourth-order valence-electron chi connectivity index (χ4n) is 7.51. The first-order chi connectivity index (χ1) is 19.4. The summed E-state index contributed by atoms with van der Waals surface area (Å²) in [7, 11) is 0. The summed E-state index contributed by atoms with van der Waals surface area (Å²) in [6.07, 6.45) is 3.22. The minimum Gasteiger partial charge on any atom is -0.494 e. The zero-order valence-electron chi connectivity index (χ0n) is 24.3. The van der Waals surface area contributed by atoms with E-state index in [0.29, 0.717) is 36.4 Å². The first kappa shape index (κ1) is 27.5. The van der Waals surface area contributed by atoms with Gasteiger partial charge in [-0.1, -0.05) is 33.1 Å². The lowest BCUT2D eigenvalue weighted by molar-refractivity contribution is -0.152. The van der Waals surface area contributed by atoms with Crippen LogP contribution in [0.25, 0.3) is 11.1 Å². The molecule has 2 saturated heterocycles. The molecule has 2 aliphatic heterocycles. The van der Waals surface area contributed by atoms with Crippen LogP contribution in [0.2, 0.25) is 0 Å². The normalized spacial score (nSPS) is 28.9. The van der Waals surface area contributed by atoms with E-state index >= 15 is 0 Å². The summed E-state index contributed by atoms with van der Waals surface area (Å²) in [4.78, 5) is 62.3. The maximum atomic E-state index is 14.6. The molecule has 0 bridgehead atoms. The number of fused-ring (bicyclic) bond motifs is 4. The predicted molar refractivity (Wildman–Crippen MR) is 150 cm³/mol. The quantitative estimate of drug-likeness (QED) is 0.441. The fourth-order valence-corrected chi connectivity index (χ4v) is 7.51. The Labute approximate surface area is 239 Å². The van der Waals surface area contributed by atoms with Crippen LogP contribution >= 0.6 is 0 Å². The zero-order chi connectivity index (χ0) is 29.4. The van der Waals surface area contributed by atoms with Gasteiger partial charge in [0.1, 0.15) is 29.4 Å². The first-order valence-electron chi connectivity index (χ1n) is 14.6. The molecule has 0 spiro atoms. The highest BCUT2D eigenvalue weighted by atomic mass is 16.5. The highest BCUT2D eigenvalue weighted by Crippen LogP contribution is 2.65. The van der Waals surface area contributed by atoms with Crippen molar-refractivity contribution in [3.8, 4) is 5.75 Å². The second-order valence-electron chi connectivity index (χ2n) is 13.2. The third-order valence-corrected chi connectivity index (χ3v) is 10.1. The van der Waals surface area contributed by atoms with E-state index in [9.17, 15) is 19.2 Å². The van der Waals surface area contributed by atoms with Crippen LogP contribution in [0.5, 0.6) is 5.75 Å². The van der Waals surface area contributed by atoms with Gasteiger partial charge < -0.3 is 30.0 Å². The lowest BCUT2D eigenvalue weighted by Crippen LogP contribution is -2.65. The Morgan fingerprint density at radius 1 is 1.20 bits per heavy atom. The molecule has 3 amide bonds. The van der Waals surface area contributed by atoms with Gasteiger partial charge in [0.2, 0.25) is 17.6 Å². The number of hydrogen-bond donors (Lipinski definition) is 2. The predicted octanol–water partition coefficient (Wildman–Crippen LogP) is 2.72. The van der Waals surface area contributed by atoms with Crippen molar-refractivity contribution in [2.24, 2.45) is 28.9 Å². The van der Waals surface area contributed by atoms with Gasteiger partial charge in [0, 0.05) is 12.6 Å². The number of anilines is 1. The Bertz CT molecular complexity index is 1430. The molecule has 11 nitrogen and oxygen atoms in total. The highest BCUT2D eigenvalue weighted by molar-refractivity contribution is 6.38. The Kier molecular flexibility index (Phi) is 6.35. The van der Waals surface area contributed by atoms with E-state index < -0.39 is 35.4 Å². The third-order valence-electron chi connectivity index (χ3n) is 10.1. The molecule has 4 aliphatic rings. The van der Waals surface area contributed by atoms with E-state index in [2.05, 4.69) is 24.1 Å². The largest absolute Gasteiger partial charge is 0.494 e. The van der Waals surface area contributed by atoms with Gasteiger partial charge in [-0.2, -0.15) is 4.98 Å². The Morgan fingerprint density at radius 3 is 2.56 bits per heavy atom. The van der Waals surface area contributed by atoms with Gasteiger partial charge in [-0.3, -0.25) is 19.2 Å². The van der Waals surface area contributed by atoms with Gasteiger partial charge in [0.05, 0.1) is 12.1 Å². The molecule has 0 radical (unpaired) electrons. The van der Waals surface area contributed by atoms with Crippen molar-refractivity contribution < 1.29 is 28.3 Å². The molecule has 6 rings (SSSR count). The van der Waals surface area contributed by atoms with Crippen LogP contribution in [0.1, 0.15) is 60.3 Å². The van der Waals surface area contributed by atoms with E-state index in [-0.39, 0.29) is 41.0 Å². The molecule has 41 heavy (non-hydrogen) atoms. The van der Waals surface area contributed by atoms with Crippen molar-refractivity contribution in [2.75, 3.05) is 18.5 Å². The molecule has 4 fully saturated rings. The van der Waals surface area contributed by atoms with Crippen LogP contribution < -0.4 is 15.8 Å². The van der Waals surface area contributed by atoms with E-state index in [1.807, 2.05) is 6.92 Å². The minimum atomic E-state index is -1.23. The number of amides is 3. The molecule has 2 aromatic rings. The lowest BCUT2D eigenvalue weighted by atomic mass is 9.78. The number of ether oxygens (including phenoxy) is 1. The SMILES string of the molecule is CCOc1ccc2oc(N[C@@H]3C(=O)N4C[C@H]5[C@@H]([C@H]4C(=O)N(C(CC4CCC4)C(=O)C(N)=O)C3(C)C)C5(C)C)nc2c1. The molecule has 3 N–H and O–H groups in total. The molecular weight excluding hydrogens is 526 g/mol. The van der Waals surface area contributed by atoms with Gasteiger partial charge in [-0.15, -0.1) is 0 Å². The minimum absolute atomic E-state index is 0.0228. The van der Waals surface area contributed by atoms with Crippen molar-refractivity contribution in [1.82, 2.24) is 14.8 Å². The number of hydrogen-bond acceptors (Lipinski definition) is 8. The molecule has 220 valence electrons. The van der Waals surface area contributed by atoms with Crippen molar-refractivity contribution >= 4 is 40.6 Å². The molecule has 1 unspecified atom stereocenters. The number of piperidine rings is 1. The number of ketones is 1. The average molecular weight is 566 g/mol. The standard InChI is InChI=1S/C30H39N5O6/c1-6-40-16-10-11-20-18(13-16)32-28(41-20)33-24-27(39)34-14-17-21(29(17,2)3)22(34)26(38)35(30(24,4)5)19(23(36)25(31)37)12-15-8-7-9-15/h10-11,13,15,17,19,21-22,24H,6-9,12,14H2,1-5H3,(H2,31,37)(H,32,33)/t17-,19?,21-,22-,24+/m0/s1. The number of primary amides is 1. The lowest BCUT2D eigenvalue weighted by Gasteiger charge is -2.46. The molecule has 1 aromatic heterocycles. The smallest absolute Gasteiger partial charge is 0.296 e.